The Morgan fingerprint density at radius 3 is 2.47 bits per heavy atom. The summed E-state index contributed by atoms with van der Waals surface area (Å²) in [6.45, 7) is 4.90. The largest absolute Gasteiger partial charge is 0.490 e. The maximum atomic E-state index is 10.6. The molecule has 176 valence electrons. The fourth-order valence-corrected chi connectivity index (χ4v) is 4.35. The van der Waals surface area contributed by atoms with E-state index in [-0.39, 0.29) is 0 Å². The minimum absolute atomic E-state index is 0.349. The number of likely N-dealkylation sites (tertiary alicyclic amines) is 1. The molecule has 4 rings (SSSR count). The van der Waals surface area contributed by atoms with Crippen molar-refractivity contribution in [3.63, 3.8) is 0 Å². The molecule has 4 heterocycles. The highest BCUT2D eigenvalue weighted by atomic mass is 19.4. The Morgan fingerprint density at radius 2 is 1.94 bits per heavy atom. The van der Waals surface area contributed by atoms with Gasteiger partial charge in [-0.2, -0.15) is 13.2 Å². The number of ether oxygens (including phenoxy) is 1. The lowest BCUT2D eigenvalue weighted by Crippen LogP contribution is -2.41. The lowest BCUT2D eigenvalue weighted by Gasteiger charge is -2.38. The van der Waals surface area contributed by atoms with Gasteiger partial charge in [0.15, 0.2) is 0 Å². The van der Waals surface area contributed by atoms with Gasteiger partial charge in [-0.15, -0.1) is 0 Å². The van der Waals surface area contributed by atoms with Crippen molar-refractivity contribution in [2.75, 3.05) is 38.3 Å². The van der Waals surface area contributed by atoms with Gasteiger partial charge in [-0.05, 0) is 56.0 Å². The van der Waals surface area contributed by atoms with Gasteiger partial charge in [0.25, 0.3) is 0 Å². The molecule has 0 radical (unpaired) electrons. The topological polar surface area (TPSA) is 91.9 Å². The average Bonchev–Trinajstić information content (AvgIpc) is 3.39. The van der Waals surface area contributed by atoms with Crippen LogP contribution in [0.5, 0.6) is 0 Å². The van der Waals surface area contributed by atoms with Crippen LogP contribution in [0.25, 0.3) is 0 Å². The molecule has 2 saturated heterocycles. The standard InChI is InChI=1S/C19H26N4O2.C2HF3O2/c1-24-14-16-12-19(15-23(16)18-20-7-3-8-21-18)5-9-22(10-6-19)13-17-4-2-11-25-17;3-2(4,5)1(6)7/h2-4,7-8,11,16H,5-6,9-10,12-15H2,1H3;(H,6,7). The number of methoxy groups -OCH3 is 1. The first-order valence-corrected chi connectivity index (χ1v) is 10.3. The van der Waals surface area contributed by atoms with E-state index in [1.54, 1.807) is 13.4 Å². The van der Waals surface area contributed by atoms with E-state index in [1.165, 1.54) is 12.8 Å². The van der Waals surface area contributed by atoms with Crippen molar-refractivity contribution in [3.8, 4) is 0 Å². The second kappa shape index (κ2) is 10.3. The van der Waals surface area contributed by atoms with Crippen LogP contribution in [0.1, 0.15) is 25.0 Å². The Balaban J connectivity index is 0.000000360. The molecule has 0 aromatic carbocycles. The number of anilines is 1. The second-order valence-electron chi connectivity index (χ2n) is 8.15. The molecule has 2 aromatic heterocycles. The Morgan fingerprint density at radius 1 is 1.28 bits per heavy atom. The quantitative estimate of drug-likeness (QED) is 0.734. The summed E-state index contributed by atoms with van der Waals surface area (Å²) in [5.74, 6) is -0.870. The van der Waals surface area contributed by atoms with Gasteiger partial charge in [0.05, 0.1) is 25.5 Å². The van der Waals surface area contributed by atoms with Gasteiger partial charge in [-0.3, -0.25) is 4.90 Å². The van der Waals surface area contributed by atoms with E-state index in [4.69, 9.17) is 19.1 Å². The Hall–Kier alpha value is -2.66. The summed E-state index contributed by atoms with van der Waals surface area (Å²) >= 11 is 0. The number of aromatic nitrogens is 2. The minimum Gasteiger partial charge on any atom is -0.475 e. The van der Waals surface area contributed by atoms with Gasteiger partial charge >= 0.3 is 12.1 Å². The lowest BCUT2D eigenvalue weighted by atomic mass is 9.76. The number of hydrogen-bond acceptors (Lipinski definition) is 7. The summed E-state index contributed by atoms with van der Waals surface area (Å²) in [5, 5.41) is 7.12. The molecule has 0 bridgehead atoms. The zero-order chi connectivity index (χ0) is 23.2. The van der Waals surface area contributed by atoms with E-state index < -0.39 is 12.1 Å². The van der Waals surface area contributed by atoms with Crippen molar-refractivity contribution in [2.24, 2.45) is 5.41 Å². The number of carbonyl (C=O) groups is 1. The third kappa shape index (κ3) is 6.19. The highest BCUT2D eigenvalue weighted by Gasteiger charge is 2.46. The van der Waals surface area contributed by atoms with Gasteiger partial charge in [-0.25, -0.2) is 14.8 Å². The summed E-state index contributed by atoms with van der Waals surface area (Å²) in [6.07, 6.45) is 3.89. The monoisotopic (exact) mass is 456 g/mol. The number of rotatable bonds is 5. The summed E-state index contributed by atoms with van der Waals surface area (Å²) in [7, 11) is 1.78. The van der Waals surface area contributed by atoms with E-state index >= 15 is 0 Å². The van der Waals surface area contributed by atoms with Crippen LogP contribution in [0.15, 0.2) is 41.3 Å². The number of piperidine rings is 1. The number of carboxylic acids is 1. The van der Waals surface area contributed by atoms with Gasteiger partial charge in [-0.1, -0.05) is 0 Å². The Labute approximate surface area is 184 Å². The maximum absolute atomic E-state index is 10.6. The van der Waals surface area contributed by atoms with Gasteiger partial charge in [0, 0.05) is 26.0 Å². The fourth-order valence-electron chi connectivity index (χ4n) is 4.35. The molecule has 1 spiro atoms. The molecule has 1 unspecified atom stereocenters. The molecule has 2 aromatic rings. The van der Waals surface area contributed by atoms with Crippen molar-refractivity contribution in [2.45, 2.75) is 38.0 Å². The van der Waals surface area contributed by atoms with E-state index in [0.717, 1.165) is 50.9 Å². The number of hydrogen-bond donors (Lipinski definition) is 1. The molecule has 32 heavy (non-hydrogen) atoms. The van der Waals surface area contributed by atoms with Gasteiger partial charge < -0.3 is 19.2 Å². The third-order valence-corrected chi connectivity index (χ3v) is 5.90. The molecule has 0 amide bonds. The zero-order valence-electron chi connectivity index (χ0n) is 17.8. The maximum Gasteiger partial charge on any atom is 0.490 e. The Bertz CT molecular complexity index is 840. The molecule has 0 saturated carbocycles. The zero-order valence-corrected chi connectivity index (χ0v) is 17.8. The summed E-state index contributed by atoms with van der Waals surface area (Å²) in [5.41, 5.74) is 0.349. The van der Waals surface area contributed by atoms with E-state index in [2.05, 4.69) is 25.8 Å². The first kappa shape index (κ1) is 24.0. The van der Waals surface area contributed by atoms with Crippen LogP contribution >= 0.6 is 0 Å². The van der Waals surface area contributed by atoms with Crippen LogP contribution in [0, 0.1) is 5.41 Å². The van der Waals surface area contributed by atoms with Crippen molar-refractivity contribution in [1.82, 2.24) is 14.9 Å². The highest BCUT2D eigenvalue weighted by Crippen LogP contribution is 2.44. The lowest BCUT2D eigenvalue weighted by molar-refractivity contribution is -0.192. The highest BCUT2D eigenvalue weighted by molar-refractivity contribution is 5.73. The summed E-state index contributed by atoms with van der Waals surface area (Å²) in [6, 6.07) is 6.26. The molecule has 8 nitrogen and oxygen atoms in total. The average molecular weight is 456 g/mol. The van der Waals surface area contributed by atoms with Crippen molar-refractivity contribution in [1.29, 1.82) is 0 Å². The fraction of sp³-hybridized carbons (Fsp3) is 0.571. The smallest absolute Gasteiger partial charge is 0.475 e. The summed E-state index contributed by atoms with van der Waals surface area (Å²) in [4.78, 5) is 22.7. The molecule has 1 atom stereocenters. The number of carboxylic acid groups (broad SMARTS) is 1. The van der Waals surface area contributed by atoms with E-state index in [1.807, 2.05) is 24.5 Å². The van der Waals surface area contributed by atoms with Crippen molar-refractivity contribution >= 4 is 11.9 Å². The number of halogens is 3. The summed E-state index contributed by atoms with van der Waals surface area (Å²) < 4.78 is 42.7. The Kier molecular flexibility index (Phi) is 7.73. The van der Waals surface area contributed by atoms with Crippen LogP contribution in [-0.4, -0.2) is 71.5 Å². The predicted octanol–water partition coefficient (Wildman–Crippen LogP) is 3.21. The minimum atomic E-state index is -5.08. The van der Waals surface area contributed by atoms with Crippen molar-refractivity contribution < 1.29 is 32.2 Å². The number of furan rings is 1. The number of nitrogens with zero attached hydrogens (tertiary/aromatic N) is 4. The predicted molar refractivity (Wildman–Crippen MR) is 109 cm³/mol. The van der Waals surface area contributed by atoms with Crippen LogP contribution < -0.4 is 4.90 Å². The van der Waals surface area contributed by atoms with Crippen molar-refractivity contribution in [3.05, 3.63) is 42.6 Å². The van der Waals surface area contributed by atoms with Gasteiger partial charge in [0.2, 0.25) is 5.95 Å². The molecular formula is C21H27F3N4O4. The molecule has 1 N–H and O–H groups in total. The first-order chi connectivity index (χ1) is 15.2. The first-order valence-electron chi connectivity index (χ1n) is 10.3. The third-order valence-electron chi connectivity index (χ3n) is 5.90. The van der Waals surface area contributed by atoms with Crippen LogP contribution in [-0.2, 0) is 16.1 Å². The van der Waals surface area contributed by atoms with E-state index in [0.29, 0.717) is 11.5 Å². The normalized spacial score (nSPS) is 20.8. The molecule has 2 aliphatic heterocycles. The van der Waals surface area contributed by atoms with Crippen LogP contribution in [0.4, 0.5) is 19.1 Å². The van der Waals surface area contributed by atoms with Gasteiger partial charge in [0.1, 0.15) is 5.76 Å². The molecule has 2 aliphatic rings. The molecular weight excluding hydrogens is 429 g/mol. The molecule has 0 aliphatic carbocycles. The SMILES string of the molecule is COCC1CC2(CCN(Cc3ccco3)CC2)CN1c1ncccn1.O=C(O)C(F)(F)F. The second-order valence-corrected chi connectivity index (χ2v) is 8.15. The molecule has 11 heteroatoms. The molecule has 2 fully saturated rings. The van der Waals surface area contributed by atoms with Crippen LogP contribution in [0.3, 0.4) is 0 Å². The number of alkyl halides is 3. The van der Waals surface area contributed by atoms with Crippen LogP contribution in [0.2, 0.25) is 0 Å². The van der Waals surface area contributed by atoms with E-state index in [9.17, 15) is 13.2 Å². The number of aliphatic carboxylic acids is 1.